The largest absolute Gasteiger partial charge is 0.454 e. The van der Waals surface area contributed by atoms with Crippen LogP contribution < -0.4 is 20.9 Å². The molecule has 2 aliphatic rings. The average molecular weight is 480 g/mol. The third-order valence-electron chi connectivity index (χ3n) is 6.94. The molecule has 4 rings (SSSR count). The van der Waals surface area contributed by atoms with Crippen molar-refractivity contribution in [1.29, 1.82) is 5.41 Å². The van der Waals surface area contributed by atoms with E-state index < -0.39 is 0 Å². The third kappa shape index (κ3) is 5.74. The van der Waals surface area contributed by atoms with Gasteiger partial charge in [0, 0.05) is 30.8 Å². The number of nitrogens with zero attached hydrogens (tertiary/aromatic N) is 2. The Labute approximate surface area is 205 Å². The van der Waals surface area contributed by atoms with Gasteiger partial charge in [0.1, 0.15) is 12.4 Å². The molecule has 1 saturated carbocycles. The number of nitrogen functional groups attached to an aromatic ring is 1. The number of benzene rings is 2. The summed E-state index contributed by atoms with van der Waals surface area (Å²) in [5, 5.41) is 7.70. The lowest BCUT2D eigenvalue weighted by Gasteiger charge is -2.35. The van der Waals surface area contributed by atoms with Crippen molar-refractivity contribution < 1.29 is 19.1 Å². The Hall–Kier alpha value is -3.59. The van der Waals surface area contributed by atoms with E-state index in [1.807, 2.05) is 19.2 Å². The lowest BCUT2D eigenvalue weighted by atomic mass is 9.85. The molecule has 1 aliphatic heterocycles. The van der Waals surface area contributed by atoms with Crippen LogP contribution in [-0.4, -0.2) is 60.4 Å². The van der Waals surface area contributed by atoms with Crippen molar-refractivity contribution in [3.63, 3.8) is 0 Å². The zero-order chi connectivity index (χ0) is 24.9. The molecule has 2 amide bonds. The van der Waals surface area contributed by atoms with Gasteiger partial charge in [0.15, 0.2) is 11.5 Å². The number of rotatable bonds is 8. The number of carbonyl (C=O) groups is 2. The molecule has 0 atom stereocenters. The van der Waals surface area contributed by atoms with E-state index in [2.05, 4.69) is 0 Å². The maximum Gasteiger partial charge on any atom is 0.254 e. The summed E-state index contributed by atoms with van der Waals surface area (Å²) in [6.07, 6.45) is 3.86. The van der Waals surface area contributed by atoms with Crippen molar-refractivity contribution in [2.24, 2.45) is 17.4 Å². The molecule has 5 N–H and O–H groups in total. The van der Waals surface area contributed by atoms with Crippen LogP contribution in [0.15, 0.2) is 42.5 Å². The van der Waals surface area contributed by atoms with Crippen LogP contribution in [0.25, 0.3) is 0 Å². The smallest absolute Gasteiger partial charge is 0.254 e. The molecule has 0 radical (unpaired) electrons. The first-order valence-corrected chi connectivity index (χ1v) is 11.9. The Morgan fingerprint density at radius 2 is 1.74 bits per heavy atom. The van der Waals surface area contributed by atoms with Crippen LogP contribution >= 0.6 is 0 Å². The quantitative estimate of drug-likeness (QED) is 0.393. The number of carbonyl (C=O) groups excluding carboxylic acids is 2. The molecule has 0 saturated heterocycles. The topological polar surface area (TPSA) is 135 Å². The number of hydrogen-bond acceptors (Lipinski definition) is 6. The second-order valence-corrected chi connectivity index (χ2v) is 9.26. The first kappa shape index (κ1) is 24.5. The van der Waals surface area contributed by atoms with E-state index in [9.17, 15) is 9.59 Å². The fourth-order valence-electron chi connectivity index (χ4n) is 4.71. The highest BCUT2D eigenvalue weighted by molar-refractivity contribution is 6.01. The van der Waals surface area contributed by atoms with Gasteiger partial charge in [-0.15, -0.1) is 0 Å². The molecule has 0 spiro atoms. The van der Waals surface area contributed by atoms with Gasteiger partial charge in [0.25, 0.3) is 5.91 Å². The molecular weight excluding hydrogens is 446 g/mol. The van der Waals surface area contributed by atoms with Crippen molar-refractivity contribution >= 4 is 17.6 Å². The fraction of sp³-hybridized carbons (Fsp3) is 0.423. The minimum absolute atomic E-state index is 0.0646. The Bertz CT molecular complexity index is 1100. The first-order chi connectivity index (χ1) is 16.9. The molecule has 1 fully saturated rings. The number of nitrogens with two attached hydrogens (primary N) is 2. The SMILES string of the molecule is CN(C(=O)CN(Cc1ccc2c(c1)OCO2)C(=O)c1cccc(C(=N)N)c1)C1CCC(CN)CC1. The summed E-state index contributed by atoms with van der Waals surface area (Å²) in [7, 11) is 1.81. The second-order valence-electron chi connectivity index (χ2n) is 9.26. The molecule has 1 aliphatic carbocycles. The van der Waals surface area contributed by atoms with Crippen molar-refractivity contribution in [2.45, 2.75) is 38.3 Å². The van der Waals surface area contributed by atoms with E-state index in [1.165, 1.54) is 4.90 Å². The fourth-order valence-corrected chi connectivity index (χ4v) is 4.71. The standard InChI is InChI=1S/C26H33N5O4/c1-30(21-8-5-17(13-27)6-9-21)24(32)15-31(14-18-7-10-22-23(11-18)35-16-34-22)26(33)20-4-2-3-19(12-20)25(28)29/h2-4,7,10-12,17,21H,5-6,8-9,13-16,27H2,1H3,(H3,28,29). The highest BCUT2D eigenvalue weighted by Crippen LogP contribution is 2.33. The molecule has 0 bridgehead atoms. The van der Waals surface area contributed by atoms with Crippen LogP contribution in [0.5, 0.6) is 11.5 Å². The zero-order valence-electron chi connectivity index (χ0n) is 20.0. The lowest BCUT2D eigenvalue weighted by Crippen LogP contribution is -2.46. The third-order valence-corrected chi connectivity index (χ3v) is 6.94. The van der Waals surface area contributed by atoms with E-state index in [0.717, 1.165) is 31.2 Å². The van der Waals surface area contributed by atoms with Gasteiger partial charge < -0.3 is 30.7 Å². The molecule has 1 heterocycles. The minimum Gasteiger partial charge on any atom is -0.454 e. The van der Waals surface area contributed by atoms with E-state index in [1.54, 1.807) is 35.2 Å². The van der Waals surface area contributed by atoms with E-state index in [0.29, 0.717) is 35.1 Å². The molecule has 2 aromatic carbocycles. The Morgan fingerprint density at radius 1 is 1.03 bits per heavy atom. The molecule has 186 valence electrons. The number of nitrogens with one attached hydrogen (secondary N) is 1. The van der Waals surface area contributed by atoms with E-state index in [-0.39, 0.29) is 43.6 Å². The molecule has 2 aromatic rings. The van der Waals surface area contributed by atoms with Gasteiger partial charge in [0.05, 0.1) is 0 Å². The summed E-state index contributed by atoms with van der Waals surface area (Å²) >= 11 is 0. The Balaban J connectivity index is 1.53. The molecular formula is C26H33N5O4. The van der Waals surface area contributed by atoms with E-state index >= 15 is 0 Å². The number of ether oxygens (including phenoxy) is 2. The first-order valence-electron chi connectivity index (χ1n) is 11.9. The monoisotopic (exact) mass is 479 g/mol. The maximum absolute atomic E-state index is 13.5. The van der Waals surface area contributed by atoms with Gasteiger partial charge in [-0.3, -0.25) is 15.0 Å². The van der Waals surface area contributed by atoms with E-state index in [4.69, 9.17) is 26.4 Å². The van der Waals surface area contributed by atoms with Crippen molar-refractivity contribution in [3.8, 4) is 11.5 Å². The van der Waals surface area contributed by atoms with Crippen LogP contribution in [0.1, 0.15) is 47.2 Å². The number of fused-ring (bicyclic) bond motifs is 1. The van der Waals surface area contributed by atoms with Gasteiger partial charge in [-0.2, -0.15) is 0 Å². The Kier molecular flexibility index (Phi) is 7.55. The molecule has 9 heteroatoms. The van der Waals surface area contributed by atoms with Crippen molar-refractivity contribution in [2.75, 3.05) is 26.9 Å². The molecule has 0 aromatic heterocycles. The van der Waals surface area contributed by atoms with Crippen molar-refractivity contribution in [3.05, 3.63) is 59.2 Å². The highest BCUT2D eigenvalue weighted by atomic mass is 16.7. The normalized spacial score (nSPS) is 18.7. The second kappa shape index (κ2) is 10.8. The van der Waals surface area contributed by atoms with Crippen LogP contribution in [0, 0.1) is 11.3 Å². The van der Waals surface area contributed by atoms with Gasteiger partial charge >= 0.3 is 0 Å². The summed E-state index contributed by atoms with van der Waals surface area (Å²) in [6.45, 7) is 1.00. The van der Waals surface area contributed by atoms with Crippen LogP contribution in [0.2, 0.25) is 0 Å². The van der Waals surface area contributed by atoms with Gasteiger partial charge in [0.2, 0.25) is 12.7 Å². The zero-order valence-corrected chi connectivity index (χ0v) is 20.0. The molecule has 9 nitrogen and oxygen atoms in total. The molecule has 0 unspecified atom stereocenters. The van der Waals surface area contributed by atoms with Crippen molar-refractivity contribution in [1.82, 2.24) is 9.80 Å². The highest BCUT2D eigenvalue weighted by Gasteiger charge is 2.28. The predicted octanol–water partition coefficient (Wildman–Crippen LogP) is 2.32. The summed E-state index contributed by atoms with van der Waals surface area (Å²) < 4.78 is 10.9. The predicted molar refractivity (Wildman–Crippen MR) is 132 cm³/mol. The van der Waals surface area contributed by atoms with Crippen LogP contribution in [0.4, 0.5) is 0 Å². The summed E-state index contributed by atoms with van der Waals surface area (Å²) in [5.74, 6) is 1.26. The van der Waals surface area contributed by atoms with Gasteiger partial charge in [-0.25, -0.2) is 0 Å². The summed E-state index contributed by atoms with van der Waals surface area (Å²) in [4.78, 5) is 30.2. The van der Waals surface area contributed by atoms with Crippen LogP contribution in [-0.2, 0) is 11.3 Å². The lowest BCUT2D eigenvalue weighted by molar-refractivity contribution is -0.133. The number of amides is 2. The average Bonchev–Trinajstić information content (AvgIpc) is 3.35. The minimum atomic E-state index is -0.306. The number of amidine groups is 1. The molecule has 35 heavy (non-hydrogen) atoms. The van der Waals surface area contributed by atoms with Crippen LogP contribution in [0.3, 0.4) is 0 Å². The van der Waals surface area contributed by atoms with Gasteiger partial charge in [-0.05, 0) is 68.0 Å². The number of likely N-dealkylation sites (N-methyl/N-ethyl adjacent to an activating group) is 1. The Morgan fingerprint density at radius 3 is 2.46 bits per heavy atom. The summed E-state index contributed by atoms with van der Waals surface area (Å²) in [5.41, 5.74) is 13.1. The summed E-state index contributed by atoms with van der Waals surface area (Å²) in [6, 6.07) is 12.3. The number of hydrogen-bond donors (Lipinski definition) is 3. The maximum atomic E-state index is 13.5. The van der Waals surface area contributed by atoms with Gasteiger partial charge in [-0.1, -0.05) is 18.2 Å².